The second kappa shape index (κ2) is 12.1. The van der Waals surface area contributed by atoms with Gasteiger partial charge in [-0.1, -0.05) is 18.2 Å². The Hall–Kier alpha value is -2.33. The summed E-state index contributed by atoms with van der Waals surface area (Å²) in [6.45, 7) is 0.229. The molecule has 3 N–H and O–H groups in total. The highest BCUT2D eigenvalue weighted by Gasteiger charge is 2.13. The fourth-order valence-electron chi connectivity index (χ4n) is 1.68. The molecule has 0 heterocycles. The highest BCUT2D eigenvalue weighted by molar-refractivity contribution is 7.80. The van der Waals surface area contributed by atoms with Crippen molar-refractivity contribution in [2.45, 2.75) is 19.3 Å². The summed E-state index contributed by atoms with van der Waals surface area (Å²) in [5, 5.41) is 18.3. The van der Waals surface area contributed by atoms with E-state index < -0.39 is 10.1 Å². The molecule has 0 aliphatic heterocycles. The quantitative estimate of drug-likeness (QED) is 0.412. The van der Waals surface area contributed by atoms with Crippen molar-refractivity contribution in [2.24, 2.45) is 5.73 Å². The number of thiocarbonyl (C=S) groups is 2. The second-order valence-electron chi connectivity index (χ2n) is 5.02. The zero-order chi connectivity index (χ0) is 19.4. The molecular weight excluding hydrogens is 366 g/mol. The third-order valence-corrected chi connectivity index (χ3v) is 3.32. The van der Waals surface area contributed by atoms with E-state index in [0.717, 1.165) is 0 Å². The monoisotopic (exact) mass is 387 g/mol. The first kappa shape index (κ1) is 22.7. The van der Waals surface area contributed by atoms with Gasteiger partial charge in [0, 0.05) is 38.6 Å². The van der Waals surface area contributed by atoms with Crippen molar-refractivity contribution in [3.8, 4) is 0 Å². The maximum Gasteiger partial charge on any atom is 0.272 e. The van der Waals surface area contributed by atoms with Gasteiger partial charge < -0.3 is 20.5 Å². The molecule has 0 aliphatic rings. The number of ketones is 1. The van der Waals surface area contributed by atoms with E-state index in [-0.39, 0.29) is 30.9 Å². The van der Waals surface area contributed by atoms with E-state index in [4.69, 9.17) is 22.1 Å². The first-order chi connectivity index (χ1) is 11.6. The molecule has 1 aromatic carbocycles. The van der Waals surface area contributed by atoms with Crippen molar-refractivity contribution in [1.82, 2.24) is 4.90 Å². The first-order valence-electron chi connectivity index (χ1n) is 7.21. The molecule has 0 spiro atoms. The molecule has 138 valence electrons. The summed E-state index contributed by atoms with van der Waals surface area (Å²) in [6, 6.07) is 6.45. The summed E-state index contributed by atoms with van der Waals surface area (Å²) in [4.78, 5) is 23.8. The van der Waals surface area contributed by atoms with E-state index in [1.54, 1.807) is 37.2 Å². The van der Waals surface area contributed by atoms with Gasteiger partial charge in [-0.25, -0.2) is 0 Å². The molecule has 25 heavy (non-hydrogen) atoms. The Labute approximate surface area is 156 Å². The molecule has 0 unspecified atom stereocenters. The third kappa shape index (κ3) is 11.0. The minimum Gasteiger partial charge on any atom is -0.487 e. The molecule has 0 amide bonds. The number of para-hydroxylation sites is 1. The largest absolute Gasteiger partial charge is 0.487 e. The van der Waals surface area contributed by atoms with Gasteiger partial charge in [-0.2, -0.15) is 0 Å². The number of ether oxygens (including phenoxy) is 1. The van der Waals surface area contributed by atoms with Gasteiger partial charge in [0.05, 0.1) is 11.5 Å². The number of Topliss-reactive ketones (excluding diaryl/α,β-unsaturated/α-hetero) is 1. The van der Waals surface area contributed by atoms with Gasteiger partial charge in [0.2, 0.25) is 0 Å². The molecule has 0 bridgehead atoms. The second-order valence-corrected chi connectivity index (χ2v) is 5.79. The van der Waals surface area contributed by atoms with Crippen molar-refractivity contribution in [3.05, 3.63) is 39.9 Å². The van der Waals surface area contributed by atoms with Crippen LogP contribution in [0.4, 0.5) is 5.69 Å². The molecule has 0 saturated heterocycles. The van der Waals surface area contributed by atoms with Crippen molar-refractivity contribution < 1.29 is 19.6 Å². The van der Waals surface area contributed by atoms with Crippen molar-refractivity contribution in [3.63, 3.8) is 0 Å². The van der Waals surface area contributed by atoms with E-state index in [1.165, 1.54) is 6.07 Å². The Morgan fingerprint density at radius 2 is 1.88 bits per heavy atom. The van der Waals surface area contributed by atoms with E-state index in [2.05, 4.69) is 18.0 Å². The number of carbonyl (C=O) groups is 1. The van der Waals surface area contributed by atoms with Crippen LogP contribution in [0.2, 0.25) is 0 Å². The molecule has 0 radical (unpaired) electrons. The lowest BCUT2D eigenvalue weighted by molar-refractivity contribution is -0.385. The average molecular weight is 387 g/mol. The topological polar surface area (TPSA) is 119 Å². The van der Waals surface area contributed by atoms with Crippen LogP contribution < -0.4 is 5.73 Å². The van der Waals surface area contributed by atoms with Gasteiger partial charge >= 0.3 is 0 Å². The third-order valence-electron chi connectivity index (χ3n) is 2.83. The van der Waals surface area contributed by atoms with E-state index in [0.29, 0.717) is 17.2 Å². The molecule has 8 nitrogen and oxygen atoms in total. The van der Waals surface area contributed by atoms with Crippen LogP contribution in [0.3, 0.4) is 0 Å². The average Bonchev–Trinajstić information content (AvgIpc) is 2.52. The van der Waals surface area contributed by atoms with Crippen LogP contribution in [0.1, 0.15) is 18.4 Å². The standard InChI is InChI=1S/C14H18N2O4S.CH3NOS/c1-15(2)14(21)20-10-9-12(17)8-7-11-5-3-4-6-13(11)16(18)19;2-1(3)4/h3-6H,7-10H2,1-2H3;(H3,2,3,4). The van der Waals surface area contributed by atoms with Gasteiger partial charge in [-0.15, -0.1) is 0 Å². The van der Waals surface area contributed by atoms with Crippen LogP contribution >= 0.6 is 24.4 Å². The van der Waals surface area contributed by atoms with Crippen LogP contribution in [0.15, 0.2) is 24.3 Å². The Bertz CT molecular complexity index is 619. The lowest BCUT2D eigenvalue weighted by Crippen LogP contribution is -2.23. The Balaban J connectivity index is 0.00000129. The Morgan fingerprint density at radius 3 is 2.40 bits per heavy atom. The normalized spacial score (nSPS) is 9.36. The van der Waals surface area contributed by atoms with Gasteiger partial charge in [0.25, 0.3) is 16.0 Å². The molecule has 10 heteroatoms. The summed E-state index contributed by atoms with van der Waals surface area (Å²) in [5.74, 6) is -0.00490. The number of rotatable bonds is 7. The van der Waals surface area contributed by atoms with Gasteiger partial charge in [-0.3, -0.25) is 14.9 Å². The minimum atomic E-state index is -0.500. The van der Waals surface area contributed by atoms with Crippen LogP contribution in [-0.2, 0) is 16.0 Å². The van der Waals surface area contributed by atoms with Crippen LogP contribution in [0, 0.1) is 10.1 Å². The number of nitrogens with two attached hydrogens (primary N) is 1. The van der Waals surface area contributed by atoms with Crippen LogP contribution in [0.25, 0.3) is 0 Å². The number of nitro benzene ring substituents is 1. The lowest BCUT2D eigenvalue weighted by atomic mass is 10.0. The number of hydrogen-bond donors (Lipinski definition) is 2. The van der Waals surface area contributed by atoms with Gasteiger partial charge in [0.15, 0.2) is 0 Å². The highest BCUT2D eigenvalue weighted by Crippen LogP contribution is 2.19. The minimum absolute atomic E-state index is 0.00490. The SMILES string of the molecule is CN(C)C(=S)OCCC(=O)CCc1ccccc1[N+](=O)[O-].NC(O)=S. The zero-order valence-corrected chi connectivity index (χ0v) is 15.6. The maximum atomic E-state index is 11.7. The zero-order valence-electron chi connectivity index (χ0n) is 14.0. The fraction of sp³-hybridized carbons (Fsp3) is 0.400. The lowest BCUT2D eigenvalue weighted by Gasteiger charge is -2.13. The smallest absolute Gasteiger partial charge is 0.272 e. The van der Waals surface area contributed by atoms with Gasteiger partial charge in [-0.05, 0) is 30.9 Å². The molecule has 0 aliphatic carbocycles. The Morgan fingerprint density at radius 1 is 1.32 bits per heavy atom. The molecule has 0 atom stereocenters. The number of nitro groups is 1. The summed E-state index contributed by atoms with van der Waals surface area (Å²) >= 11 is 8.80. The molecule has 0 saturated carbocycles. The van der Waals surface area contributed by atoms with Crippen LogP contribution in [0.5, 0.6) is 0 Å². The fourth-order valence-corrected chi connectivity index (χ4v) is 1.76. The van der Waals surface area contributed by atoms with E-state index >= 15 is 0 Å². The number of aliphatic hydroxyl groups is 1. The summed E-state index contributed by atoms with van der Waals surface area (Å²) in [7, 11) is 3.53. The summed E-state index contributed by atoms with van der Waals surface area (Å²) < 4.78 is 5.22. The van der Waals surface area contributed by atoms with Crippen LogP contribution in [-0.4, -0.2) is 51.8 Å². The summed E-state index contributed by atoms with van der Waals surface area (Å²) in [5.41, 5.74) is 5.02. The van der Waals surface area contributed by atoms with Gasteiger partial charge in [0.1, 0.15) is 5.78 Å². The highest BCUT2D eigenvalue weighted by atomic mass is 32.1. The number of aliphatic hydroxyl groups excluding tert-OH is 1. The molecule has 0 fully saturated rings. The number of carbonyl (C=O) groups excluding carboxylic acids is 1. The number of benzene rings is 1. The molecular formula is C15H21N3O5S2. The van der Waals surface area contributed by atoms with Crippen molar-refractivity contribution >= 4 is 46.3 Å². The van der Waals surface area contributed by atoms with Crippen molar-refractivity contribution in [2.75, 3.05) is 20.7 Å². The van der Waals surface area contributed by atoms with Crippen molar-refractivity contribution in [1.29, 1.82) is 0 Å². The number of aryl methyl sites for hydroxylation is 1. The Kier molecular flexibility index (Phi) is 11.0. The first-order valence-corrected chi connectivity index (χ1v) is 8.03. The molecule has 1 aromatic rings. The number of nitrogens with zero attached hydrogens (tertiary/aromatic N) is 2. The number of hydrogen-bond acceptors (Lipinski definition) is 6. The molecule has 1 rings (SSSR count). The predicted octanol–water partition coefficient (Wildman–Crippen LogP) is 2.14. The maximum absolute atomic E-state index is 11.7. The molecule has 0 aromatic heterocycles. The summed E-state index contributed by atoms with van der Waals surface area (Å²) in [6.07, 6.45) is 0.853. The van der Waals surface area contributed by atoms with E-state index in [1.807, 2.05) is 0 Å². The van der Waals surface area contributed by atoms with E-state index in [9.17, 15) is 14.9 Å². The predicted molar refractivity (Wildman–Crippen MR) is 103 cm³/mol.